The number of nitrogens with zero attached hydrogens (tertiary/aromatic N) is 1. The number of aliphatic hydroxyl groups is 1. The van der Waals surface area contributed by atoms with E-state index in [1.165, 1.54) is 32.1 Å². The molecular formula is C15H32N2O. The molecule has 1 aliphatic heterocycles. The third-order valence-electron chi connectivity index (χ3n) is 4.04. The summed E-state index contributed by atoms with van der Waals surface area (Å²) < 4.78 is 0. The number of hydrogen-bond donors (Lipinski definition) is 2. The predicted octanol–water partition coefficient (Wildman–Crippen LogP) is 2.25. The molecule has 0 aliphatic carbocycles. The number of unbranched alkanes of at least 4 members (excludes halogenated alkanes) is 1. The van der Waals surface area contributed by atoms with Gasteiger partial charge in [0, 0.05) is 19.1 Å². The van der Waals surface area contributed by atoms with Crippen LogP contribution in [0.5, 0.6) is 0 Å². The Labute approximate surface area is 113 Å². The maximum Gasteiger partial charge on any atom is 0.0791 e. The van der Waals surface area contributed by atoms with Crippen LogP contribution in [0.2, 0.25) is 0 Å². The lowest BCUT2D eigenvalue weighted by Crippen LogP contribution is -2.43. The summed E-state index contributed by atoms with van der Waals surface area (Å²) in [5.74, 6) is 0.866. The number of piperidine rings is 1. The van der Waals surface area contributed by atoms with Gasteiger partial charge in [0.2, 0.25) is 0 Å². The van der Waals surface area contributed by atoms with Crippen molar-refractivity contribution in [3.63, 3.8) is 0 Å². The lowest BCUT2D eigenvalue weighted by atomic mass is 9.99. The second kappa shape index (κ2) is 8.89. The molecular weight excluding hydrogens is 224 g/mol. The fourth-order valence-electron chi connectivity index (χ4n) is 2.56. The van der Waals surface area contributed by atoms with Crippen LogP contribution in [0.1, 0.15) is 52.9 Å². The van der Waals surface area contributed by atoms with Gasteiger partial charge < -0.3 is 15.3 Å². The normalized spacial score (nSPS) is 22.0. The smallest absolute Gasteiger partial charge is 0.0791 e. The number of β-amino-alcohol motifs (C(OH)–C–C–N with tert-alkyl or cyclic N) is 1. The van der Waals surface area contributed by atoms with Crippen molar-refractivity contribution in [3.05, 3.63) is 0 Å². The molecule has 1 rings (SSSR count). The maximum atomic E-state index is 10.0. The summed E-state index contributed by atoms with van der Waals surface area (Å²) in [5, 5.41) is 13.5. The minimum Gasteiger partial charge on any atom is -0.390 e. The van der Waals surface area contributed by atoms with E-state index < -0.39 is 0 Å². The predicted molar refractivity (Wildman–Crippen MR) is 77.8 cm³/mol. The SMILES string of the molecule is CCCCC(C)NCC(O)CN1CCC(C)CC1. The molecule has 0 aromatic carbocycles. The van der Waals surface area contributed by atoms with Crippen LogP contribution in [0.15, 0.2) is 0 Å². The average Bonchev–Trinajstić information content (AvgIpc) is 2.36. The summed E-state index contributed by atoms with van der Waals surface area (Å²) in [6.07, 6.45) is 6.08. The van der Waals surface area contributed by atoms with E-state index in [0.29, 0.717) is 6.04 Å². The Hall–Kier alpha value is -0.120. The van der Waals surface area contributed by atoms with E-state index in [-0.39, 0.29) is 6.10 Å². The number of aliphatic hydroxyl groups excluding tert-OH is 1. The first-order valence-corrected chi connectivity index (χ1v) is 7.75. The standard InChI is InChI=1S/C15H32N2O/c1-4-5-6-14(3)16-11-15(18)12-17-9-7-13(2)8-10-17/h13-16,18H,4-12H2,1-3H3. The molecule has 3 nitrogen and oxygen atoms in total. The second-order valence-corrected chi connectivity index (χ2v) is 6.09. The molecule has 2 N–H and O–H groups in total. The largest absolute Gasteiger partial charge is 0.390 e. The Kier molecular flexibility index (Phi) is 7.87. The topological polar surface area (TPSA) is 35.5 Å². The van der Waals surface area contributed by atoms with Gasteiger partial charge in [0.1, 0.15) is 0 Å². The molecule has 0 bridgehead atoms. The van der Waals surface area contributed by atoms with Crippen LogP contribution in [0.25, 0.3) is 0 Å². The number of hydrogen-bond acceptors (Lipinski definition) is 3. The van der Waals surface area contributed by atoms with Gasteiger partial charge in [0.05, 0.1) is 6.10 Å². The first-order chi connectivity index (χ1) is 8.61. The van der Waals surface area contributed by atoms with Gasteiger partial charge in [-0.1, -0.05) is 26.7 Å². The highest BCUT2D eigenvalue weighted by molar-refractivity contribution is 4.74. The van der Waals surface area contributed by atoms with Crippen molar-refractivity contribution in [1.29, 1.82) is 0 Å². The van der Waals surface area contributed by atoms with Gasteiger partial charge in [-0.3, -0.25) is 0 Å². The molecule has 1 aliphatic rings. The number of rotatable bonds is 8. The zero-order valence-corrected chi connectivity index (χ0v) is 12.5. The quantitative estimate of drug-likeness (QED) is 0.699. The van der Waals surface area contributed by atoms with Crippen molar-refractivity contribution in [2.45, 2.75) is 65.0 Å². The van der Waals surface area contributed by atoms with Crippen molar-refractivity contribution in [3.8, 4) is 0 Å². The van der Waals surface area contributed by atoms with E-state index in [2.05, 4.69) is 31.0 Å². The molecule has 1 fully saturated rings. The molecule has 1 heterocycles. The van der Waals surface area contributed by atoms with Crippen LogP contribution in [0.4, 0.5) is 0 Å². The molecule has 3 heteroatoms. The summed E-state index contributed by atoms with van der Waals surface area (Å²) in [6.45, 7) is 10.6. The summed E-state index contributed by atoms with van der Waals surface area (Å²) in [7, 11) is 0. The Bertz CT molecular complexity index is 203. The van der Waals surface area contributed by atoms with Crippen LogP contribution in [0.3, 0.4) is 0 Å². The molecule has 108 valence electrons. The highest BCUT2D eigenvalue weighted by Gasteiger charge is 2.18. The van der Waals surface area contributed by atoms with Crippen LogP contribution in [-0.2, 0) is 0 Å². The first kappa shape index (κ1) is 15.9. The van der Waals surface area contributed by atoms with Gasteiger partial charge in [-0.2, -0.15) is 0 Å². The molecule has 0 aromatic rings. The zero-order chi connectivity index (χ0) is 13.4. The van der Waals surface area contributed by atoms with Crippen LogP contribution in [0, 0.1) is 5.92 Å². The van der Waals surface area contributed by atoms with Crippen molar-refractivity contribution in [1.82, 2.24) is 10.2 Å². The van der Waals surface area contributed by atoms with Crippen LogP contribution >= 0.6 is 0 Å². The monoisotopic (exact) mass is 256 g/mol. The minimum absolute atomic E-state index is 0.220. The fourth-order valence-corrected chi connectivity index (χ4v) is 2.56. The average molecular weight is 256 g/mol. The van der Waals surface area contributed by atoms with E-state index >= 15 is 0 Å². The van der Waals surface area contributed by atoms with Gasteiger partial charge in [-0.25, -0.2) is 0 Å². The van der Waals surface area contributed by atoms with Crippen molar-refractivity contribution >= 4 is 0 Å². The lowest BCUT2D eigenvalue weighted by Gasteiger charge is -2.32. The van der Waals surface area contributed by atoms with Crippen molar-refractivity contribution < 1.29 is 5.11 Å². The third-order valence-corrected chi connectivity index (χ3v) is 4.04. The van der Waals surface area contributed by atoms with E-state index in [1.807, 2.05) is 0 Å². The molecule has 2 unspecified atom stereocenters. The Balaban J connectivity index is 2.07. The number of likely N-dealkylation sites (tertiary alicyclic amines) is 1. The van der Waals surface area contributed by atoms with E-state index in [0.717, 1.165) is 32.1 Å². The van der Waals surface area contributed by atoms with E-state index in [1.54, 1.807) is 0 Å². The van der Waals surface area contributed by atoms with E-state index in [4.69, 9.17) is 0 Å². The summed E-state index contributed by atoms with van der Waals surface area (Å²) >= 11 is 0. The number of nitrogens with one attached hydrogen (secondary N) is 1. The molecule has 0 saturated carbocycles. The Morgan fingerprint density at radius 3 is 2.61 bits per heavy atom. The third kappa shape index (κ3) is 6.72. The molecule has 0 aromatic heterocycles. The van der Waals surface area contributed by atoms with Gasteiger partial charge in [-0.15, -0.1) is 0 Å². The van der Waals surface area contributed by atoms with Crippen molar-refractivity contribution in [2.75, 3.05) is 26.2 Å². The molecule has 0 amide bonds. The van der Waals surface area contributed by atoms with Crippen LogP contribution < -0.4 is 5.32 Å². The maximum absolute atomic E-state index is 10.0. The molecule has 0 spiro atoms. The molecule has 0 radical (unpaired) electrons. The van der Waals surface area contributed by atoms with E-state index in [9.17, 15) is 5.11 Å². The highest BCUT2D eigenvalue weighted by atomic mass is 16.3. The minimum atomic E-state index is -0.220. The molecule has 18 heavy (non-hydrogen) atoms. The van der Waals surface area contributed by atoms with Gasteiger partial charge >= 0.3 is 0 Å². The second-order valence-electron chi connectivity index (χ2n) is 6.09. The summed E-state index contributed by atoms with van der Waals surface area (Å²) in [4.78, 5) is 2.41. The fraction of sp³-hybridized carbons (Fsp3) is 1.00. The summed E-state index contributed by atoms with van der Waals surface area (Å²) in [6, 6.07) is 0.529. The summed E-state index contributed by atoms with van der Waals surface area (Å²) in [5.41, 5.74) is 0. The lowest BCUT2D eigenvalue weighted by molar-refractivity contribution is 0.0889. The van der Waals surface area contributed by atoms with Gasteiger partial charge in [0.15, 0.2) is 0 Å². The Morgan fingerprint density at radius 1 is 1.33 bits per heavy atom. The Morgan fingerprint density at radius 2 is 2.00 bits per heavy atom. The zero-order valence-electron chi connectivity index (χ0n) is 12.5. The van der Waals surface area contributed by atoms with Crippen molar-refractivity contribution in [2.24, 2.45) is 5.92 Å². The highest BCUT2D eigenvalue weighted by Crippen LogP contribution is 2.15. The van der Waals surface area contributed by atoms with Crippen LogP contribution in [-0.4, -0.2) is 48.3 Å². The molecule has 2 atom stereocenters. The van der Waals surface area contributed by atoms with Gasteiger partial charge in [-0.05, 0) is 45.2 Å². The van der Waals surface area contributed by atoms with Gasteiger partial charge in [0.25, 0.3) is 0 Å². The first-order valence-electron chi connectivity index (χ1n) is 7.75. The molecule has 1 saturated heterocycles.